The number of amides is 2. The van der Waals surface area contributed by atoms with Crippen LogP contribution in [0, 0.1) is 6.92 Å². The van der Waals surface area contributed by atoms with E-state index in [9.17, 15) is 9.59 Å². The van der Waals surface area contributed by atoms with E-state index in [0.717, 1.165) is 12.0 Å². The molecule has 0 fully saturated rings. The Balaban J connectivity index is 1.73. The van der Waals surface area contributed by atoms with E-state index in [1.165, 1.54) is 0 Å². The summed E-state index contributed by atoms with van der Waals surface area (Å²) in [4.78, 5) is 27.6. The Morgan fingerprint density at radius 3 is 2.78 bits per heavy atom. The number of aryl methyl sites for hydroxylation is 3. The van der Waals surface area contributed by atoms with Gasteiger partial charge in [0.1, 0.15) is 0 Å². The number of benzene rings is 1. The average Bonchev–Trinajstić information content (AvgIpc) is 2.97. The first kappa shape index (κ1) is 16.7. The van der Waals surface area contributed by atoms with Crippen LogP contribution in [0.5, 0.6) is 0 Å². The lowest BCUT2D eigenvalue weighted by atomic mass is 10.1. The first-order valence-corrected chi connectivity index (χ1v) is 7.55. The van der Waals surface area contributed by atoms with E-state index in [1.807, 2.05) is 25.1 Å². The van der Waals surface area contributed by atoms with Gasteiger partial charge in [-0.25, -0.2) is 0 Å². The van der Waals surface area contributed by atoms with Crippen molar-refractivity contribution in [2.75, 3.05) is 11.9 Å². The standard InChI is InChI=1S/C16H20N4O3/c1-3-12-6-4-7-13(10-12)19-16(22)15(21)17-9-5-8-14-18-11(2)20-23-14/h4,6-7,10H,3,5,8-9H2,1-2H3,(H,17,21)(H,19,22). The van der Waals surface area contributed by atoms with Crippen molar-refractivity contribution >= 4 is 17.5 Å². The summed E-state index contributed by atoms with van der Waals surface area (Å²) in [5.74, 6) is -0.226. The Morgan fingerprint density at radius 1 is 1.26 bits per heavy atom. The molecule has 1 aromatic heterocycles. The quantitative estimate of drug-likeness (QED) is 0.623. The molecule has 0 atom stereocenters. The highest BCUT2D eigenvalue weighted by Gasteiger charge is 2.13. The predicted molar refractivity (Wildman–Crippen MR) is 84.8 cm³/mol. The number of aromatic nitrogens is 2. The van der Waals surface area contributed by atoms with E-state index in [4.69, 9.17) is 4.52 Å². The highest BCUT2D eigenvalue weighted by atomic mass is 16.5. The molecule has 0 saturated carbocycles. The van der Waals surface area contributed by atoms with Gasteiger partial charge in [0.2, 0.25) is 5.89 Å². The van der Waals surface area contributed by atoms with E-state index in [0.29, 0.717) is 36.8 Å². The largest absolute Gasteiger partial charge is 0.348 e. The Bertz CT molecular complexity index is 681. The van der Waals surface area contributed by atoms with Crippen LogP contribution in [0.2, 0.25) is 0 Å². The van der Waals surface area contributed by atoms with Gasteiger partial charge in [0.25, 0.3) is 0 Å². The third-order valence-electron chi connectivity index (χ3n) is 3.22. The van der Waals surface area contributed by atoms with Gasteiger partial charge in [-0.3, -0.25) is 9.59 Å². The molecule has 0 saturated heterocycles. The lowest BCUT2D eigenvalue weighted by Crippen LogP contribution is -2.36. The molecular formula is C16H20N4O3. The summed E-state index contributed by atoms with van der Waals surface area (Å²) in [5, 5.41) is 8.84. The van der Waals surface area contributed by atoms with Crippen LogP contribution < -0.4 is 10.6 Å². The summed E-state index contributed by atoms with van der Waals surface area (Å²) in [6.07, 6.45) is 2.04. The molecule has 0 unspecified atom stereocenters. The summed E-state index contributed by atoms with van der Waals surface area (Å²) in [7, 11) is 0. The molecule has 0 aliphatic heterocycles. The normalized spacial score (nSPS) is 10.3. The maximum atomic E-state index is 11.8. The van der Waals surface area contributed by atoms with Crippen molar-refractivity contribution in [1.82, 2.24) is 15.5 Å². The highest BCUT2D eigenvalue weighted by Crippen LogP contribution is 2.10. The number of carbonyl (C=O) groups is 2. The van der Waals surface area contributed by atoms with E-state index in [2.05, 4.69) is 20.8 Å². The van der Waals surface area contributed by atoms with Crippen LogP contribution in [-0.2, 0) is 22.4 Å². The highest BCUT2D eigenvalue weighted by molar-refractivity contribution is 6.39. The molecule has 23 heavy (non-hydrogen) atoms. The second-order valence-corrected chi connectivity index (χ2v) is 5.10. The first-order valence-electron chi connectivity index (χ1n) is 7.55. The zero-order valence-corrected chi connectivity index (χ0v) is 13.3. The van der Waals surface area contributed by atoms with Gasteiger partial charge >= 0.3 is 11.8 Å². The first-order chi connectivity index (χ1) is 11.1. The van der Waals surface area contributed by atoms with Crippen molar-refractivity contribution in [3.05, 3.63) is 41.5 Å². The van der Waals surface area contributed by atoms with Crippen molar-refractivity contribution in [3.8, 4) is 0 Å². The van der Waals surface area contributed by atoms with Crippen molar-refractivity contribution in [1.29, 1.82) is 0 Å². The van der Waals surface area contributed by atoms with Gasteiger partial charge in [0.15, 0.2) is 5.82 Å². The molecule has 7 heteroatoms. The Kier molecular flexibility index (Phi) is 5.85. The molecule has 0 radical (unpaired) electrons. The maximum absolute atomic E-state index is 11.8. The fraction of sp³-hybridized carbons (Fsp3) is 0.375. The van der Waals surface area contributed by atoms with Gasteiger partial charge in [-0.15, -0.1) is 0 Å². The summed E-state index contributed by atoms with van der Waals surface area (Å²) in [5.41, 5.74) is 1.71. The molecule has 2 rings (SSSR count). The van der Waals surface area contributed by atoms with Gasteiger partial charge in [-0.2, -0.15) is 4.98 Å². The molecule has 122 valence electrons. The van der Waals surface area contributed by atoms with Crippen LogP contribution in [0.1, 0.15) is 30.6 Å². The number of hydrogen-bond acceptors (Lipinski definition) is 5. The molecule has 2 N–H and O–H groups in total. The third kappa shape index (κ3) is 5.21. The summed E-state index contributed by atoms with van der Waals surface area (Å²) in [6, 6.07) is 7.42. The van der Waals surface area contributed by atoms with Crippen LogP contribution in [0.25, 0.3) is 0 Å². The van der Waals surface area contributed by atoms with Crippen LogP contribution in [-0.4, -0.2) is 28.5 Å². The average molecular weight is 316 g/mol. The summed E-state index contributed by atoms with van der Waals surface area (Å²) in [6.45, 7) is 4.13. The van der Waals surface area contributed by atoms with Crippen molar-refractivity contribution in [3.63, 3.8) is 0 Å². The fourth-order valence-corrected chi connectivity index (χ4v) is 2.02. The van der Waals surface area contributed by atoms with Crippen LogP contribution in [0.4, 0.5) is 5.69 Å². The Hall–Kier alpha value is -2.70. The van der Waals surface area contributed by atoms with Gasteiger partial charge in [0, 0.05) is 18.7 Å². The molecule has 2 amide bonds. The molecular weight excluding hydrogens is 296 g/mol. The SMILES string of the molecule is CCc1cccc(NC(=O)C(=O)NCCCc2nc(C)no2)c1. The van der Waals surface area contributed by atoms with E-state index in [1.54, 1.807) is 13.0 Å². The number of anilines is 1. The second-order valence-electron chi connectivity index (χ2n) is 5.10. The lowest BCUT2D eigenvalue weighted by Gasteiger charge is -2.07. The zero-order valence-electron chi connectivity index (χ0n) is 13.3. The van der Waals surface area contributed by atoms with Crippen molar-refractivity contribution in [2.24, 2.45) is 0 Å². The maximum Gasteiger partial charge on any atom is 0.313 e. The van der Waals surface area contributed by atoms with Gasteiger partial charge in [-0.05, 0) is 37.5 Å². The number of carbonyl (C=O) groups excluding carboxylic acids is 2. The smallest absolute Gasteiger partial charge is 0.313 e. The van der Waals surface area contributed by atoms with E-state index >= 15 is 0 Å². The Morgan fingerprint density at radius 2 is 2.09 bits per heavy atom. The minimum atomic E-state index is -0.674. The molecule has 0 bridgehead atoms. The molecule has 0 aliphatic rings. The number of hydrogen-bond donors (Lipinski definition) is 2. The van der Waals surface area contributed by atoms with Crippen molar-refractivity contribution in [2.45, 2.75) is 33.1 Å². The topological polar surface area (TPSA) is 97.1 Å². The Labute approximate surface area is 134 Å². The van der Waals surface area contributed by atoms with Crippen molar-refractivity contribution < 1.29 is 14.1 Å². The molecule has 0 aliphatic carbocycles. The summed E-state index contributed by atoms with van der Waals surface area (Å²) < 4.78 is 4.97. The zero-order chi connectivity index (χ0) is 16.7. The minimum Gasteiger partial charge on any atom is -0.348 e. The van der Waals surface area contributed by atoms with Crippen LogP contribution in [0.3, 0.4) is 0 Å². The fourth-order valence-electron chi connectivity index (χ4n) is 2.02. The van der Waals surface area contributed by atoms with Crippen LogP contribution >= 0.6 is 0 Å². The number of nitrogens with zero attached hydrogens (tertiary/aromatic N) is 2. The molecule has 1 heterocycles. The third-order valence-corrected chi connectivity index (χ3v) is 3.22. The van der Waals surface area contributed by atoms with Gasteiger partial charge in [-0.1, -0.05) is 24.2 Å². The predicted octanol–water partition coefficient (Wildman–Crippen LogP) is 1.63. The van der Waals surface area contributed by atoms with Gasteiger partial charge in [0.05, 0.1) is 0 Å². The van der Waals surface area contributed by atoms with Crippen LogP contribution in [0.15, 0.2) is 28.8 Å². The molecule has 0 spiro atoms. The minimum absolute atomic E-state index is 0.364. The molecule has 2 aromatic rings. The van der Waals surface area contributed by atoms with E-state index < -0.39 is 11.8 Å². The number of rotatable bonds is 6. The van der Waals surface area contributed by atoms with E-state index in [-0.39, 0.29) is 0 Å². The second kappa shape index (κ2) is 8.07. The van der Waals surface area contributed by atoms with Gasteiger partial charge < -0.3 is 15.2 Å². The monoisotopic (exact) mass is 316 g/mol. The summed E-state index contributed by atoms with van der Waals surface area (Å²) >= 11 is 0. The number of nitrogens with one attached hydrogen (secondary N) is 2. The molecule has 1 aromatic carbocycles. The lowest BCUT2D eigenvalue weighted by molar-refractivity contribution is -0.136. The molecule has 7 nitrogen and oxygen atoms in total.